The van der Waals surface area contributed by atoms with Crippen LogP contribution in [-0.4, -0.2) is 36.0 Å². The van der Waals surface area contributed by atoms with E-state index in [0.717, 1.165) is 16.1 Å². The third-order valence-corrected chi connectivity index (χ3v) is 6.19. The van der Waals surface area contributed by atoms with Crippen molar-refractivity contribution in [1.82, 2.24) is 9.88 Å². The first-order valence-electron chi connectivity index (χ1n) is 9.46. The Hall–Kier alpha value is -2.28. The van der Waals surface area contributed by atoms with Gasteiger partial charge in [-0.2, -0.15) is 0 Å². The fourth-order valence-corrected chi connectivity index (χ4v) is 4.00. The molecule has 0 spiro atoms. The Bertz CT molecular complexity index is 1030. The molecule has 8 heteroatoms. The van der Waals surface area contributed by atoms with E-state index in [2.05, 4.69) is 4.98 Å². The predicted octanol–water partition coefficient (Wildman–Crippen LogP) is 6.19. The van der Waals surface area contributed by atoms with Crippen LogP contribution in [0.25, 0.3) is 10.6 Å². The molecule has 0 unspecified atom stereocenters. The highest BCUT2D eigenvalue weighted by Crippen LogP contribution is 2.34. The summed E-state index contributed by atoms with van der Waals surface area (Å²) in [6.45, 7) is 5.54. The third-order valence-electron chi connectivity index (χ3n) is 4.56. The first-order chi connectivity index (χ1) is 14.5. The van der Waals surface area contributed by atoms with Crippen LogP contribution >= 0.6 is 34.5 Å². The molecule has 0 fully saturated rings. The van der Waals surface area contributed by atoms with E-state index in [9.17, 15) is 4.79 Å². The number of hydrogen-bond acceptors (Lipinski definition) is 5. The van der Waals surface area contributed by atoms with Crippen LogP contribution in [0, 0.1) is 0 Å². The van der Waals surface area contributed by atoms with Crippen LogP contribution in [0.15, 0.2) is 41.8 Å². The number of aromatic nitrogens is 1. The van der Waals surface area contributed by atoms with E-state index < -0.39 is 0 Å². The second-order valence-corrected chi connectivity index (χ2v) is 8.09. The van der Waals surface area contributed by atoms with E-state index in [4.69, 9.17) is 32.7 Å². The number of carbonyl (C=O) groups excluding carboxylic acids is 1. The predicted molar refractivity (Wildman–Crippen MR) is 122 cm³/mol. The average molecular weight is 465 g/mol. The van der Waals surface area contributed by atoms with E-state index in [-0.39, 0.29) is 5.91 Å². The number of hydrogen-bond donors (Lipinski definition) is 0. The molecular formula is C22H22Cl2N2O3S. The molecule has 3 rings (SSSR count). The van der Waals surface area contributed by atoms with Gasteiger partial charge < -0.3 is 14.4 Å². The number of ether oxygens (including phenoxy) is 2. The zero-order valence-corrected chi connectivity index (χ0v) is 19.3. The number of rotatable bonds is 8. The molecule has 0 saturated carbocycles. The fourth-order valence-electron chi connectivity index (χ4n) is 2.89. The summed E-state index contributed by atoms with van der Waals surface area (Å²) in [5.74, 6) is 1.12. The van der Waals surface area contributed by atoms with Crippen LogP contribution in [0.3, 0.4) is 0 Å². The molecule has 1 amide bonds. The van der Waals surface area contributed by atoms with Crippen molar-refractivity contribution < 1.29 is 14.3 Å². The lowest BCUT2D eigenvalue weighted by Gasteiger charge is -2.16. The van der Waals surface area contributed by atoms with Crippen LogP contribution in [0.1, 0.15) is 29.9 Å². The van der Waals surface area contributed by atoms with Crippen molar-refractivity contribution in [1.29, 1.82) is 0 Å². The maximum atomic E-state index is 12.5. The van der Waals surface area contributed by atoms with Crippen LogP contribution in [0.2, 0.25) is 10.0 Å². The Morgan fingerprint density at radius 3 is 2.50 bits per heavy atom. The molecule has 0 radical (unpaired) electrons. The minimum absolute atomic E-state index is 0.0592. The molecule has 0 saturated heterocycles. The van der Waals surface area contributed by atoms with Gasteiger partial charge in [-0.05, 0) is 49.7 Å². The number of amides is 1. The van der Waals surface area contributed by atoms with E-state index in [1.54, 1.807) is 29.5 Å². The first kappa shape index (κ1) is 22.4. The number of carbonyl (C=O) groups is 1. The monoisotopic (exact) mass is 464 g/mol. The maximum absolute atomic E-state index is 12.5. The Labute approximate surface area is 190 Å². The molecule has 0 atom stereocenters. The number of benzene rings is 2. The standard InChI is InChI=1S/C22H22Cl2N2O3S/c1-4-26(5-2)22(27)18-13-30-21(25-18)15-7-9-19(20(11-15)28-3)29-12-14-6-8-16(23)17(24)10-14/h6-11,13H,4-5,12H2,1-3H3. The first-order valence-corrected chi connectivity index (χ1v) is 11.1. The van der Waals surface area contributed by atoms with Gasteiger partial charge in [0.15, 0.2) is 11.5 Å². The van der Waals surface area contributed by atoms with Crippen LogP contribution < -0.4 is 9.47 Å². The zero-order chi connectivity index (χ0) is 21.7. The molecule has 0 bridgehead atoms. The molecule has 0 aliphatic carbocycles. The van der Waals surface area contributed by atoms with Gasteiger partial charge in [-0.15, -0.1) is 11.3 Å². The van der Waals surface area contributed by atoms with Crippen molar-refractivity contribution in [2.75, 3.05) is 20.2 Å². The lowest BCUT2D eigenvalue weighted by Crippen LogP contribution is -2.30. The van der Waals surface area contributed by atoms with E-state index in [1.807, 2.05) is 38.1 Å². The summed E-state index contributed by atoms with van der Waals surface area (Å²) < 4.78 is 11.4. The summed E-state index contributed by atoms with van der Waals surface area (Å²) in [6, 6.07) is 11.0. The van der Waals surface area contributed by atoms with Crippen molar-refractivity contribution in [3.8, 4) is 22.1 Å². The molecule has 0 N–H and O–H groups in total. The molecule has 2 aromatic carbocycles. The Kier molecular flexibility index (Phi) is 7.58. The van der Waals surface area contributed by atoms with Crippen LogP contribution in [0.5, 0.6) is 11.5 Å². The van der Waals surface area contributed by atoms with Gasteiger partial charge in [0.25, 0.3) is 5.91 Å². The molecule has 1 aromatic heterocycles. The average Bonchev–Trinajstić information content (AvgIpc) is 3.25. The summed E-state index contributed by atoms with van der Waals surface area (Å²) in [6.07, 6.45) is 0. The molecule has 3 aromatic rings. The highest BCUT2D eigenvalue weighted by molar-refractivity contribution is 7.13. The van der Waals surface area contributed by atoms with Gasteiger partial charge >= 0.3 is 0 Å². The van der Waals surface area contributed by atoms with Gasteiger partial charge in [0.1, 0.15) is 17.3 Å². The summed E-state index contributed by atoms with van der Waals surface area (Å²) in [7, 11) is 1.59. The molecule has 5 nitrogen and oxygen atoms in total. The van der Waals surface area contributed by atoms with Gasteiger partial charge in [0.05, 0.1) is 17.2 Å². The van der Waals surface area contributed by atoms with Gasteiger partial charge in [0.2, 0.25) is 0 Å². The lowest BCUT2D eigenvalue weighted by atomic mass is 10.2. The van der Waals surface area contributed by atoms with Gasteiger partial charge in [-0.1, -0.05) is 29.3 Å². The van der Waals surface area contributed by atoms with E-state index in [0.29, 0.717) is 46.9 Å². The van der Waals surface area contributed by atoms with Gasteiger partial charge in [-0.25, -0.2) is 4.98 Å². The minimum atomic E-state index is -0.0592. The van der Waals surface area contributed by atoms with Crippen molar-refractivity contribution in [2.45, 2.75) is 20.5 Å². The van der Waals surface area contributed by atoms with E-state index in [1.165, 1.54) is 11.3 Å². The van der Waals surface area contributed by atoms with Gasteiger partial charge in [0, 0.05) is 24.0 Å². The second kappa shape index (κ2) is 10.2. The second-order valence-electron chi connectivity index (χ2n) is 6.42. The zero-order valence-electron chi connectivity index (χ0n) is 16.9. The smallest absolute Gasteiger partial charge is 0.273 e. The lowest BCUT2D eigenvalue weighted by molar-refractivity contribution is 0.0768. The van der Waals surface area contributed by atoms with Crippen molar-refractivity contribution in [2.24, 2.45) is 0 Å². The summed E-state index contributed by atoms with van der Waals surface area (Å²) in [5, 5.41) is 3.53. The number of methoxy groups -OCH3 is 1. The minimum Gasteiger partial charge on any atom is -0.493 e. The molecule has 0 aliphatic heterocycles. The molecular weight excluding hydrogens is 443 g/mol. The Morgan fingerprint density at radius 1 is 1.07 bits per heavy atom. The van der Waals surface area contributed by atoms with Crippen LogP contribution in [-0.2, 0) is 6.61 Å². The van der Waals surface area contributed by atoms with Crippen molar-refractivity contribution in [3.05, 3.63) is 63.1 Å². The highest BCUT2D eigenvalue weighted by Gasteiger charge is 2.17. The van der Waals surface area contributed by atoms with Crippen molar-refractivity contribution >= 4 is 40.4 Å². The summed E-state index contributed by atoms with van der Waals surface area (Å²) in [4.78, 5) is 18.8. The molecule has 1 heterocycles. The van der Waals surface area contributed by atoms with Crippen molar-refractivity contribution in [3.63, 3.8) is 0 Å². The van der Waals surface area contributed by atoms with E-state index >= 15 is 0 Å². The molecule has 0 aliphatic rings. The fraction of sp³-hybridized carbons (Fsp3) is 0.273. The van der Waals surface area contributed by atoms with Gasteiger partial charge in [-0.3, -0.25) is 4.79 Å². The number of halogens is 2. The highest BCUT2D eigenvalue weighted by atomic mass is 35.5. The SMILES string of the molecule is CCN(CC)C(=O)c1csc(-c2ccc(OCc3ccc(Cl)c(Cl)c3)c(OC)c2)n1. The number of thiazole rings is 1. The number of nitrogens with zero attached hydrogens (tertiary/aromatic N) is 2. The quantitative estimate of drug-likeness (QED) is 0.398. The normalized spacial score (nSPS) is 10.7. The topological polar surface area (TPSA) is 51.7 Å². The van der Waals surface area contributed by atoms with Crippen LogP contribution in [0.4, 0.5) is 0 Å². The molecule has 158 valence electrons. The summed E-state index contributed by atoms with van der Waals surface area (Å²) in [5.41, 5.74) is 2.21. The summed E-state index contributed by atoms with van der Waals surface area (Å²) >= 11 is 13.4. The Morgan fingerprint density at radius 2 is 1.83 bits per heavy atom. The third kappa shape index (κ3) is 5.06. The largest absolute Gasteiger partial charge is 0.493 e. The molecule has 30 heavy (non-hydrogen) atoms. The Balaban J connectivity index is 1.77. The maximum Gasteiger partial charge on any atom is 0.273 e.